The summed E-state index contributed by atoms with van der Waals surface area (Å²) in [6, 6.07) is 22.5. The number of carbonyl (C=O) groups is 1. The van der Waals surface area contributed by atoms with Crippen LogP contribution in [0, 0.1) is 5.82 Å². The fourth-order valence-corrected chi connectivity index (χ4v) is 4.99. The second kappa shape index (κ2) is 9.18. The summed E-state index contributed by atoms with van der Waals surface area (Å²) < 4.78 is 20.2. The van der Waals surface area contributed by atoms with Gasteiger partial charge in [-0.2, -0.15) is 0 Å². The summed E-state index contributed by atoms with van der Waals surface area (Å²) >= 11 is 1.33. The normalized spacial score (nSPS) is 15.8. The highest BCUT2D eigenvalue weighted by Crippen LogP contribution is 2.31. The number of benzene rings is 3. The molecule has 1 amide bonds. The number of rotatable bonds is 6. The summed E-state index contributed by atoms with van der Waals surface area (Å²) in [5.41, 5.74) is 3.67. The molecule has 0 spiro atoms. The first kappa shape index (κ1) is 20.8. The molecule has 1 fully saturated rings. The van der Waals surface area contributed by atoms with Crippen molar-refractivity contribution in [1.82, 2.24) is 4.98 Å². The molecular formula is C26H23FN2O2S. The van der Waals surface area contributed by atoms with Gasteiger partial charge in [0.05, 0.1) is 22.9 Å². The Labute approximate surface area is 190 Å². The van der Waals surface area contributed by atoms with Gasteiger partial charge in [-0.05, 0) is 60.7 Å². The number of hydrogen-bond donors (Lipinski definition) is 0. The lowest BCUT2D eigenvalue weighted by molar-refractivity contribution is 0.0917. The van der Waals surface area contributed by atoms with Crippen molar-refractivity contribution in [2.45, 2.75) is 25.4 Å². The van der Waals surface area contributed by atoms with Gasteiger partial charge in [0.1, 0.15) is 5.82 Å². The maximum atomic E-state index is 13.7. The molecule has 0 saturated carbocycles. The summed E-state index contributed by atoms with van der Waals surface area (Å²) in [4.78, 5) is 19.8. The van der Waals surface area contributed by atoms with Gasteiger partial charge in [-0.25, -0.2) is 9.37 Å². The molecule has 4 aromatic rings. The second-order valence-electron chi connectivity index (χ2n) is 8.02. The van der Waals surface area contributed by atoms with E-state index in [9.17, 15) is 9.18 Å². The number of hydrogen-bond acceptors (Lipinski definition) is 4. The van der Waals surface area contributed by atoms with Crippen LogP contribution >= 0.6 is 11.3 Å². The molecule has 1 atom stereocenters. The zero-order chi connectivity index (χ0) is 21.9. The molecule has 5 rings (SSSR count). The largest absolute Gasteiger partial charge is 0.376 e. The van der Waals surface area contributed by atoms with E-state index in [-0.39, 0.29) is 17.8 Å². The Morgan fingerprint density at radius 1 is 1.06 bits per heavy atom. The number of anilines is 1. The molecule has 2 heterocycles. The van der Waals surface area contributed by atoms with E-state index in [4.69, 9.17) is 4.74 Å². The minimum Gasteiger partial charge on any atom is -0.376 e. The Balaban J connectivity index is 1.41. The highest BCUT2D eigenvalue weighted by molar-refractivity contribution is 7.22. The van der Waals surface area contributed by atoms with Gasteiger partial charge in [-0.3, -0.25) is 9.69 Å². The quantitative estimate of drug-likeness (QED) is 0.373. The molecule has 6 heteroatoms. The number of carbonyl (C=O) groups excluding carboxylic acids is 1. The van der Waals surface area contributed by atoms with Gasteiger partial charge >= 0.3 is 0 Å². The number of fused-ring (bicyclic) bond motifs is 1. The lowest BCUT2D eigenvalue weighted by Crippen LogP contribution is -2.37. The highest BCUT2D eigenvalue weighted by Gasteiger charge is 2.27. The molecular weight excluding hydrogens is 423 g/mol. The molecule has 1 unspecified atom stereocenters. The van der Waals surface area contributed by atoms with Gasteiger partial charge in [-0.1, -0.05) is 53.8 Å². The van der Waals surface area contributed by atoms with E-state index in [1.165, 1.54) is 29.0 Å². The number of amides is 1. The molecule has 32 heavy (non-hydrogen) atoms. The zero-order valence-corrected chi connectivity index (χ0v) is 18.4. The van der Waals surface area contributed by atoms with Gasteiger partial charge < -0.3 is 4.74 Å². The van der Waals surface area contributed by atoms with E-state index in [1.54, 1.807) is 11.0 Å². The van der Waals surface area contributed by atoms with Crippen LogP contribution in [0.4, 0.5) is 9.52 Å². The first-order valence-corrected chi connectivity index (χ1v) is 11.6. The van der Waals surface area contributed by atoms with Gasteiger partial charge in [-0.15, -0.1) is 0 Å². The summed E-state index contributed by atoms with van der Waals surface area (Å²) in [5, 5.41) is 0.569. The van der Waals surface area contributed by atoms with E-state index in [2.05, 4.69) is 17.1 Å². The first-order chi connectivity index (χ1) is 15.7. The number of thiazole rings is 1. The third-order valence-corrected chi connectivity index (χ3v) is 6.72. The van der Waals surface area contributed by atoms with Crippen molar-refractivity contribution in [3.8, 4) is 0 Å². The molecule has 0 radical (unpaired) electrons. The van der Waals surface area contributed by atoms with E-state index in [0.717, 1.165) is 29.5 Å². The fraction of sp³-hybridized carbons (Fsp3) is 0.231. The minimum absolute atomic E-state index is 0.0138. The fourth-order valence-electron chi connectivity index (χ4n) is 3.99. The van der Waals surface area contributed by atoms with Gasteiger partial charge in [0, 0.05) is 12.2 Å². The second-order valence-corrected chi connectivity index (χ2v) is 9.03. The van der Waals surface area contributed by atoms with Gasteiger partial charge in [0.25, 0.3) is 5.91 Å². The van der Waals surface area contributed by atoms with Crippen LogP contribution in [0.15, 0.2) is 72.8 Å². The van der Waals surface area contributed by atoms with Crippen molar-refractivity contribution in [3.63, 3.8) is 0 Å². The van der Waals surface area contributed by atoms with Crippen LogP contribution in [0.5, 0.6) is 0 Å². The number of nitrogens with zero attached hydrogens (tertiary/aromatic N) is 2. The number of aromatic nitrogens is 1. The van der Waals surface area contributed by atoms with Crippen molar-refractivity contribution in [2.24, 2.45) is 0 Å². The lowest BCUT2D eigenvalue weighted by Gasteiger charge is -2.23. The average molecular weight is 447 g/mol. The summed E-state index contributed by atoms with van der Waals surface area (Å²) in [7, 11) is 0. The number of ether oxygens (including phenoxy) is 1. The summed E-state index contributed by atoms with van der Waals surface area (Å²) in [6.45, 7) is 1.15. The van der Waals surface area contributed by atoms with Crippen LogP contribution in [-0.4, -0.2) is 30.1 Å². The van der Waals surface area contributed by atoms with E-state index < -0.39 is 0 Å². The number of halogens is 1. The third-order valence-electron chi connectivity index (χ3n) is 5.68. The minimum atomic E-state index is -0.307. The van der Waals surface area contributed by atoms with Crippen molar-refractivity contribution in [2.75, 3.05) is 18.1 Å². The summed E-state index contributed by atoms with van der Waals surface area (Å²) in [6.07, 6.45) is 2.71. The highest BCUT2D eigenvalue weighted by atomic mass is 32.1. The zero-order valence-electron chi connectivity index (χ0n) is 17.5. The topological polar surface area (TPSA) is 42.4 Å². The van der Waals surface area contributed by atoms with E-state index in [1.807, 2.05) is 42.5 Å². The third kappa shape index (κ3) is 4.56. The van der Waals surface area contributed by atoms with Crippen LogP contribution < -0.4 is 4.90 Å². The molecule has 0 aliphatic carbocycles. The van der Waals surface area contributed by atoms with Gasteiger partial charge in [0.15, 0.2) is 5.13 Å². The lowest BCUT2D eigenvalue weighted by atomic mass is 10.0. The van der Waals surface area contributed by atoms with E-state index in [0.29, 0.717) is 29.4 Å². The molecule has 1 aliphatic rings. The smallest absolute Gasteiger partial charge is 0.260 e. The van der Waals surface area contributed by atoms with Crippen LogP contribution in [0.25, 0.3) is 10.2 Å². The molecule has 0 N–H and O–H groups in total. The first-order valence-electron chi connectivity index (χ1n) is 10.8. The van der Waals surface area contributed by atoms with Crippen molar-refractivity contribution >= 4 is 32.6 Å². The van der Waals surface area contributed by atoms with Crippen LogP contribution in [-0.2, 0) is 11.2 Å². The van der Waals surface area contributed by atoms with Crippen LogP contribution in [0.3, 0.4) is 0 Å². The molecule has 162 valence electrons. The maximum Gasteiger partial charge on any atom is 0.260 e. The van der Waals surface area contributed by atoms with Gasteiger partial charge in [0.2, 0.25) is 0 Å². The van der Waals surface area contributed by atoms with Crippen molar-refractivity contribution < 1.29 is 13.9 Å². The Morgan fingerprint density at radius 2 is 1.84 bits per heavy atom. The predicted molar refractivity (Wildman–Crippen MR) is 126 cm³/mol. The Hall–Kier alpha value is -3.09. The summed E-state index contributed by atoms with van der Waals surface area (Å²) in [5.74, 6) is -0.426. The molecule has 3 aromatic carbocycles. The average Bonchev–Trinajstić information content (AvgIpc) is 3.47. The van der Waals surface area contributed by atoms with Crippen LogP contribution in [0.1, 0.15) is 34.3 Å². The Morgan fingerprint density at radius 3 is 2.59 bits per heavy atom. The van der Waals surface area contributed by atoms with Crippen molar-refractivity contribution in [1.29, 1.82) is 0 Å². The maximum absolute atomic E-state index is 13.7. The van der Waals surface area contributed by atoms with Crippen molar-refractivity contribution in [3.05, 3.63) is 95.3 Å². The van der Waals surface area contributed by atoms with E-state index >= 15 is 0 Å². The molecule has 0 bridgehead atoms. The molecule has 1 aromatic heterocycles. The van der Waals surface area contributed by atoms with Crippen LogP contribution in [0.2, 0.25) is 0 Å². The Bertz CT molecular complexity index is 1220. The Kier molecular flexibility index (Phi) is 5.97. The molecule has 4 nitrogen and oxygen atoms in total. The molecule has 1 aliphatic heterocycles. The predicted octanol–water partition coefficient (Wildman–Crippen LogP) is 5.85. The SMILES string of the molecule is O=C(c1ccc(Cc2ccccc2)cc1)N(CC1CCCO1)c1nc2ccc(F)cc2s1. The monoisotopic (exact) mass is 446 g/mol. The molecule has 1 saturated heterocycles. The standard InChI is InChI=1S/C26H23FN2O2S/c27-21-12-13-23-24(16-21)32-26(28-23)29(17-22-7-4-14-31-22)25(30)20-10-8-19(9-11-20)15-18-5-2-1-3-6-18/h1-3,5-6,8-13,16,22H,4,7,14-15,17H2.